The van der Waals surface area contributed by atoms with E-state index in [1.54, 1.807) is 48.7 Å². The molecule has 0 bridgehead atoms. The van der Waals surface area contributed by atoms with Gasteiger partial charge in [0.1, 0.15) is 11.3 Å². The molecule has 0 saturated heterocycles. The van der Waals surface area contributed by atoms with Crippen molar-refractivity contribution < 1.29 is 13.9 Å². The van der Waals surface area contributed by atoms with Crippen molar-refractivity contribution in [2.75, 3.05) is 7.11 Å². The number of aromatic nitrogens is 1. The van der Waals surface area contributed by atoms with Crippen LogP contribution in [0, 0.1) is 0 Å². The van der Waals surface area contributed by atoms with Gasteiger partial charge in [-0.05, 0) is 41.5 Å². The number of fused-ring (bicyclic) bond motifs is 2. The number of benzene rings is 2. The van der Waals surface area contributed by atoms with E-state index in [1.165, 1.54) is 0 Å². The fraction of sp³-hybridized carbons (Fsp3) is 0.125. The molecular formula is C24H18N2O4. The van der Waals surface area contributed by atoms with Crippen LogP contribution >= 0.6 is 0 Å². The first kappa shape index (κ1) is 18.1. The van der Waals surface area contributed by atoms with E-state index in [9.17, 15) is 9.59 Å². The second-order valence-corrected chi connectivity index (χ2v) is 7.14. The summed E-state index contributed by atoms with van der Waals surface area (Å²) in [5.74, 6) is 0.494. The molecule has 2 aromatic carbocycles. The second kappa shape index (κ2) is 7.15. The van der Waals surface area contributed by atoms with Crippen LogP contribution in [0.3, 0.4) is 0 Å². The lowest BCUT2D eigenvalue weighted by atomic mass is 9.98. The first-order valence-corrected chi connectivity index (χ1v) is 9.57. The Balaban J connectivity index is 1.71. The summed E-state index contributed by atoms with van der Waals surface area (Å²) in [7, 11) is 1.60. The van der Waals surface area contributed by atoms with Gasteiger partial charge in [0.05, 0.1) is 24.1 Å². The minimum absolute atomic E-state index is 0.100. The van der Waals surface area contributed by atoms with E-state index in [1.807, 2.05) is 36.4 Å². The molecule has 0 N–H and O–H groups in total. The van der Waals surface area contributed by atoms with Gasteiger partial charge >= 0.3 is 0 Å². The van der Waals surface area contributed by atoms with Gasteiger partial charge in [0.2, 0.25) is 5.76 Å². The monoisotopic (exact) mass is 398 g/mol. The van der Waals surface area contributed by atoms with E-state index in [0.717, 1.165) is 11.1 Å². The third-order valence-electron chi connectivity index (χ3n) is 5.38. The number of rotatable bonds is 4. The molecule has 6 nitrogen and oxygen atoms in total. The summed E-state index contributed by atoms with van der Waals surface area (Å²) < 4.78 is 11.2. The number of pyridine rings is 1. The van der Waals surface area contributed by atoms with Gasteiger partial charge in [-0.25, -0.2) is 0 Å². The molecule has 1 amide bonds. The maximum Gasteiger partial charge on any atom is 0.291 e. The quantitative estimate of drug-likeness (QED) is 0.521. The summed E-state index contributed by atoms with van der Waals surface area (Å²) >= 11 is 0. The SMILES string of the molecule is COc1ccc([C@H]2c3c(oc4ccccc4c3=O)C(=O)N2Cc2cccnc2)cc1. The van der Waals surface area contributed by atoms with Crippen LogP contribution in [-0.2, 0) is 6.54 Å². The van der Waals surface area contributed by atoms with Gasteiger partial charge < -0.3 is 14.1 Å². The van der Waals surface area contributed by atoms with E-state index in [4.69, 9.17) is 9.15 Å². The number of nitrogens with zero attached hydrogens (tertiary/aromatic N) is 2. The summed E-state index contributed by atoms with van der Waals surface area (Å²) in [5.41, 5.74) is 2.28. The zero-order chi connectivity index (χ0) is 20.7. The van der Waals surface area contributed by atoms with Crippen molar-refractivity contribution in [2.24, 2.45) is 0 Å². The normalized spacial score (nSPS) is 15.4. The van der Waals surface area contributed by atoms with E-state index >= 15 is 0 Å². The molecule has 30 heavy (non-hydrogen) atoms. The van der Waals surface area contributed by atoms with Crippen molar-refractivity contribution in [1.82, 2.24) is 9.88 Å². The van der Waals surface area contributed by atoms with Crippen LogP contribution in [0.5, 0.6) is 5.75 Å². The lowest BCUT2D eigenvalue weighted by molar-refractivity contribution is 0.0714. The van der Waals surface area contributed by atoms with Crippen LogP contribution < -0.4 is 10.2 Å². The summed E-state index contributed by atoms with van der Waals surface area (Å²) in [6.45, 7) is 0.309. The molecule has 5 rings (SSSR count). The number of para-hydroxylation sites is 1. The molecular weight excluding hydrogens is 380 g/mol. The van der Waals surface area contributed by atoms with Gasteiger partial charge in [0.25, 0.3) is 5.91 Å². The molecule has 0 unspecified atom stereocenters. The zero-order valence-electron chi connectivity index (χ0n) is 16.2. The Kier molecular flexibility index (Phi) is 4.32. The number of hydrogen-bond acceptors (Lipinski definition) is 5. The van der Waals surface area contributed by atoms with E-state index in [-0.39, 0.29) is 17.1 Å². The average molecular weight is 398 g/mol. The zero-order valence-corrected chi connectivity index (χ0v) is 16.2. The number of hydrogen-bond donors (Lipinski definition) is 0. The third-order valence-corrected chi connectivity index (χ3v) is 5.38. The highest BCUT2D eigenvalue weighted by Gasteiger charge is 2.42. The molecule has 4 aromatic rings. The molecule has 0 fully saturated rings. The fourth-order valence-corrected chi connectivity index (χ4v) is 3.95. The van der Waals surface area contributed by atoms with Crippen molar-refractivity contribution in [1.29, 1.82) is 0 Å². The van der Waals surface area contributed by atoms with Gasteiger partial charge in [-0.1, -0.05) is 30.3 Å². The topological polar surface area (TPSA) is 72.6 Å². The Morgan fingerprint density at radius 3 is 2.57 bits per heavy atom. The molecule has 2 aromatic heterocycles. The minimum Gasteiger partial charge on any atom is -0.497 e. The van der Waals surface area contributed by atoms with Gasteiger partial charge in [-0.2, -0.15) is 0 Å². The first-order chi connectivity index (χ1) is 14.7. The number of methoxy groups -OCH3 is 1. The van der Waals surface area contributed by atoms with Gasteiger partial charge in [0, 0.05) is 18.9 Å². The van der Waals surface area contributed by atoms with Gasteiger partial charge in [0.15, 0.2) is 5.43 Å². The highest BCUT2D eigenvalue weighted by molar-refractivity contribution is 5.99. The van der Waals surface area contributed by atoms with Crippen LogP contribution in [0.25, 0.3) is 11.0 Å². The number of carbonyl (C=O) groups is 1. The molecule has 0 saturated carbocycles. The average Bonchev–Trinajstić information content (AvgIpc) is 3.06. The Labute approximate surface area is 172 Å². The summed E-state index contributed by atoms with van der Waals surface area (Å²) in [6, 6.07) is 17.6. The predicted molar refractivity (Wildman–Crippen MR) is 111 cm³/mol. The smallest absolute Gasteiger partial charge is 0.291 e. The summed E-state index contributed by atoms with van der Waals surface area (Å²) in [6.07, 6.45) is 3.40. The number of carbonyl (C=O) groups excluding carboxylic acids is 1. The highest BCUT2D eigenvalue weighted by atomic mass is 16.5. The standard InChI is InChI=1S/C24H18N2O4/c1-29-17-10-8-16(9-11-17)21-20-22(27)18-6-2-3-7-19(18)30-23(20)24(28)26(21)14-15-5-4-12-25-13-15/h2-13,21H,14H2,1H3/t21-/m0/s1. The van der Waals surface area contributed by atoms with Crippen LogP contribution in [-0.4, -0.2) is 22.9 Å². The lowest BCUT2D eigenvalue weighted by Gasteiger charge is -2.25. The molecule has 0 spiro atoms. The molecule has 0 radical (unpaired) electrons. The number of ether oxygens (including phenoxy) is 1. The van der Waals surface area contributed by atoms with Crippen molar-refractivity contribution in [3.05, 3.63) is 106 Å². The van der Waals surface area contributed by atoms with Crippen molar-refractivity contribution >= 4 is 16.9 Å². The highest BCUT2D eigenvalue weighted by Crippen LogP contribution is 2.39. The predicted octanol–water partition coefficient (Wildman–Crippen LogP) is 3.94. The molecule has 6 heteroatoms. The Morgan fingerprint density at radius 2 is 1.83 bits per heavy atom. The maximum atomic E-state index is 13.4. The largest absolute Gasteiger partial charge is 0.497 e. The molecule has 1 aliphatic heterocycles. The minimum atomic E-state index is -0.556. The maximum absolute atomic E-state index is 13.4. The Morgan fingerprint density at radius 1 is 1.03 bits per heavy atom. The van der Waals surface area contributed by atoms with Crippen molar-refractivity contribution in [3.8, 4) is 5.75 Å². The Bertz CT molecular complexity index is 1300. The van der Waals surface area contributed by atoms with Gasteiger partial charge in [-0.3, -0.25) is 14.6 Å². The first-order valence-electron chi connectivity index (χ1n) is 9.57. The van der Waals surface area contributed by atoms with E-state index in [2.05, 4.69) is 4.98 Å². The van der Waals surface area contributed by atoms with Crippen molar-refractivity contribution in [3.63, 3.8) is 0 Å². The van der Waals surface area contributed by atoms with Crippen LogP contribution in [0.15, 0.2) is 82.3 Å². The lowest BCUT2D eigenvalue weighted by Crippen LogP contribution is -2.29. The van der Waals surface area contributed by atoms with Crippen molar-refractivity contribution in [2.45, 2.75) is 12.6 Å². The summed E-state index contributed by atoms with van der Waals surface area (Å²) in [4.78, 5) is 32.6. The molecule has 148 valence electrons. The third kappa shape index (κ3) is 2.85. The second-order valence-electron chi connectivity index (χ2n) is 7.14. The fourth-order valence-electron chi connectivity index (χ4n) is 3.95. The van der Waals surface area contributed by atoms with Crippen LogP contribution in [0.1, 0.15) is 33.3 Å². The Hall–Kier alpha value is -3.93. The summed E-state index contributed by atoms with van der Waals surface area (Å²) in [5, 5.41) is 0.464. The molecule has 0 aliphatic carbocycles. The molecule has 1 atom stereocenters. The van der Waals surface area contributed by atoms with E-state index < -0.39 is 6.04 Å². The molecule has 3 heterocycles. The van der Waals surface area contributed by atoms with Crippen LogP contribution in [0.4, 0.5) is 0 Å². The van der Waals surface area contributed by atoms with E-state index in [0.29, 0.717) is 28.8 Å². The van der Waals surface area contributed by atoms with Crippen LogP contribution in [0.2, 0.25) is 0 Å². The number of amides is 1. The molecule has 1 aliphatic rings. The van der Waals surface area contributed by atoms with Gasteiger partial charge in [-0.15, -0.1) is 0 Å².